The molecule has 2 saturated heterocycles. The molecule has 224 valence electrons. The molecule has 0 spiro atoms. The van der Waals surface area contributed by atoms with Crippen LogP contribution in [0.4, 0.5) is 0 Å². The molecule has 20 nitrogen and oxygen atoms in total. The van der Waals surface area contributed by atoms with E-state index < -0.39 is 101 Å². The molecule has 40 heavy (non-hydrogen) atoms. The van der Waals surface area contributed by atoms with Crippen molar-refractivity contribution in [1.29, 1.82) is 0 Å². The van der Waals surface area contributed by atoms with Gasteiger partial charge < -0.3 is 50.1 Å². The third-order valence-corrected chi connectivity index (χ3v) is 8.22. The lowest BCUT2D eigenvalue weighted by molar-refractivity contribution is -0.247. The van der Waals surface area contributed by atoms with Gasteiger partial charge in [0.2, 0.25) is 0 Å². The predicted molar refractivity (Wildman–Crippen MR) is 124 cm³/mol. The summed E-state index contributed by atoms with van der Waals surface area (Å²) in [5, 5.41) is 51.8. The second-order valence-electron chi connectivity index (χ2n) is 8.33. The molecular weight excluding hydrogens is 592 g/mol. The minimum absolute atomic E-state index is 0.713. The molecule has 2 unspecified atom stereocenters. The fraction of sp³-hybridized carbons (Fsp3) is 0.611. The number of nitrogens with one attached hydrogen (secondary N) is 2. The number of rotatable bonds is 10. The van der Waals surface area contributed by atoms with E-state index in [0.717, 1.165) is 12.3 Å². The SMILES string of the molecule is C#CC(=O)N[C@H]1[C@@H](OP(=O)(O)OP(=O)(O)OC[C@H]2O[C@@H](n3ccc(=O)[nH]c3=O)[C@H](O)[C@@H]2O)O[C@H](CO)[C@@H](O)[C@@H]1O. The molecule has 0 radical (unpaired) electrons. The van der Waals surface area contributed by atoms with Crippen molar-refractivity contribution in [3.63, 3.8) is 0 Å². The van der Waals surface area contributed by atoms with E-state index in [9.17, 15) is 58.8 Å². The number of aliphatic hydroxyl groups excluding tert-OH is 5. The number of amides is 1. The van der Waals surface area contributed by atoms with Gasteiger partial charge in [-0.15, -0.1) is 6.42 Å². The predicted octanol–water partition coefficient (Wildman–Crippen LogP) is -5.04. The van der Waals surface area contributed by atoms with Crippen molar-refractivity contribution >= 4 is 21.6 Å². The number of nitrogens with zero attached hydrogens (tertiary/aromatic N) is 1. The summed E-state index contributed by atoms with van der Waals surface area (Å²) in [6, 6.07) is -0.912. The lowest BCUT2D eigenvalue weighted by atomic mass is 9.97. The fourth-order valence-corrected chi connectivity index (χ4v) is 5.88. The maximum Gasteiger partial charge on any atom is 0.483 e. The van der Waals surface area contributed by atoms with E-state index in [-0.39, 0.29) is 0 Å². The van der Waals surface area contributed by atoms with Gasteiger partial charge in [-0.05, 0) is 5.92 Å². The Balaban J connectivity index is 1.67. The highest BCUT2D eigenvalue weighted by Crippen LogP contribution is 2.61. The van der Waals surface area contributed by atoms with Gasteiger partial charge in [-0.1, -0.05) is 0 Å². The third-order valence-electron chi connectivity index (χ3n) is 5.62. The Bertz CT molecular complexity index is 1330. The Morgan fingerprint density at radius 1 is 1.07 bits per heavy atom. The molecule has 1 aromatic heterocycles. The molecular formula is C18H25N3O17P2. The van der Waals surface area contributed by atoms with Crippen LogP contribution in [-0.4, -0.2) is 113 Å². The molecule has 0 saturated carbocycles. The van der Waals surface area contributed by atoms with E-state index >= 15 is 0 Å². The monoisotopic (exact) mass is 617 g/mol. The van der Waals surface area contributed by atoms with Gasteiger partial charge in [0.1, 0.15) is 42.7 Å². The zero-order valence-electron chi connectivity index (χ0n) is 19.9. The number of H-pyrrole nitrogens is 1. The molecule has 3 heterocycles. The number of carbonyl (C=O) groups excluding carboxylic acids is 1. The van der Waals surface area contributed by atoms with Crippen molar-refractivity contribution in [1.82, 2.24) is 14.9 Å². The van der Waals surface area contributed by atoms with Gasteiger partial charge in [0, 0.05) is 12.3 Å². The van der Waals surface area contributed by atoms with Crippen LogP contribution in [0.5, 0.6) is 0 Å². The first-order chi connectivity index (χ1) is 18.6. The van der Waals surface area contributed by atoms with Gasteiger partial charge >= 0.3 is 21.3 Å². The highest BCUT2D eigenvalue weighted by atomic mass is 31.3. The lowest BCUT2D eigenvalue weighted by Gasteiger charge is -2.41. The first kappa shape index (κ1) is 32.2. The molecule has 1 aromatic rings. The number of phosphoric acid groups is 2. The van der Waals surface area contributed by atoms with Gasteiger partial charge in [0.25, 0.3) is 11.5 Å². The van der Waals surface area contributed by atoms with E-state index in [1.807, 2.05) is 10.3 Å². The summed E-state index contributed by atoms with van der Waals surface area (Å²) < 4.78 is 49.2. The molecule has 9 N–H and O–H groups in total. The van der Waals surface area contributed by atoms with Crippen LogP contribution >= 0.6 is 15.6 Å². The van der Waals surface area contributed by atoms with E-state index in [4.69, 9.17) is 15.9 Å². The highest BCUT2D eigenvalue weighted by Gasteiger charge is 2.50. The number of carbonyl (C=O) groups is 1. The standard InChI is InChI=1S/C18H25N3O17P2/c1-2-9(23)19-11-14(27)12(25)7(5-22)36-17(11)37-40(32,33)38-39(30,31)34-6-8-13(26)15(28)16(35-8)21-4-3-10(24)20-18(21)29/h1,3-4,7-8,11-17,22,25-28H,5-6H2,(H,19,23)(H,30,31)(H,32,33)(H,20,24,29)/t7-,8-,11-,12-,13-,14-,15-,16-,17-/m1/s1. The van der Waals surface area contributed by atoms with E-state index in [1.54, 1.807) is 5.92 Å². The molecule has 0 aromatic carbocycles. The summed E-state index contributed by atoms with van der Waals surface area (Å²) in [6.07, 6.45) is -8.49. The number of phosphoric ester groups is 2. The third kappa shape index (κ3) is 7.50. The van der Waals surface area contributed by atoms with Gasteiger partial charge in [-0.3, -0.25) is 28.2 Å². The van der Waals surface area contributed by atoms with Gasteiger partial charge in [-0.2, -0.15) is 4.31 Å². The summed E-state index contributed by atoms with van der Waals surface area (Å²) in [5.41, 5.74) is -1.77. The number of terminal acetylenes is 1. The number of hydrogen-bond donors (Lipinski definition) is 9. The Morgan fingerprint density at radius 2 is 1.73 bits per heavy atom. The van der Waals surface area contributed by atoms with Crippen LogP contribution in [-0.2, 0) is 36.8 Å². The molecule has 11 atom stereocenters. The van der Waals surface area contributed by atoms with Crippen LogP contribution in [0.1, 0.15) is 6.23 Å². The molecule has 2 aliphatic heterocycles. The smallest absolute Gasteiger partial charge is 0.394 e. The molecule has 22 heteroatoms. The fourth-order valence-electron chi connectivity index (χ4n) is 3.72. The molecule has 3 rings (SSSR count). The topological polar surface area (TPSA) is 306 Å². The maximum absolute atomic E-state index is 12.5. The van der Waals surface area contributed by atoms with Crippen molar-refractivity contribution in [3.8, 4) is 12.3 Å². The van der Waals surface area contributed by atoms with Crippen LogP contribution in [0.2, 0.25) is 0 Å². The highest BCUT2D eigenvalue weighted by molar-refractivity contribution is 7.61. The zero-order chi connectivity index (χ0) is 30.0. The lowest BCUT2D eigenvalue weighted by Crippen LogP contribution is -2.64. The number of aromatic nitrogens is 2. The van der Waals surface area contributed by atoms with Crippen molar-refractivity contribution in [3.05, 3.63) is 33.1 Å². The average molecular weight is 617 g/mol. The summed E-state index contributed by atoms with van der Waals surface area (Å²) in [6.45, 7) is -1.99. The van der Waals surface area contributed by atoms with Crippen LogP contribution in [0, 0.1) is 12.3 Å². The largest absolute Gasteiger partial charge is 0.483 e. The Labute approximate surface area is 222 Å². The van der Waals surface area contributed by atoms with Crippen molar-refractivity contribution in [2.45, 2.75) is 55.2 Å². The van der Waals surface area contributed by atoms with Crippen molar-refractivity contribution in [2.75, 3.05) is 13.2 Å². The number of aliphatic hydroxyl groups is 5. The van der Waals surface area contributed by atoms with Crippen molar-refractivity contribution in [2.24, 2.45) is 0 Å². The summed E-state index contributed by atoms with van der Waals surface area (Å²) >= 11 is 0. The Kier molecular flexibility index (Phi) is 10.2. The zero-order valence-corrected chi connectivity index (χ0v) is 21.7. The van der Waals surface area contributed by atoms with E-state index in [1.165, 1.54) is 0 Å². The van der Waals surface area contributed by atoms with E-state index in [0.29, 0.717) is 4.57 Å². The van der Waals surface area contributed by atoms with Gasteiger partial charge in [0.15, 0.2) is 12.5 Å². The molecule has 2 aliphatic rings. The number of aromatic amines is 1. The molecule has 0 bridgehead atoms. The number of hydrogen-bond acceptors (Lipinski definition) is 15. The summed E-state index contributed by atoms with van der Waals surface area (Å²) in [4.78, 5) is 56.6. The minimum atomic E-state index is -5.69. The molecule has 0 aliphatic carbocycles. The summed E-state index contributed by atoms with van der Waals surface area (Å²) in [7, 11) is -11.2. The van der Waals surface area contributed by atoms with Crippen LogP contribution in [0.15, 0.2) is 21.9 Å². The quantitative estimate of drug-likeness (QED) is 0.0876. The Morgan fingerprint density at radius 3 is 2.33 bits per heavy atom. The second-order valence-corrected chi connectivity index (χ2v) is 11.3. The summed E-state index contributed by atoms with van der Waals surface area (Å²) in [5.74, 6) is 0.428. The van der Waals surface area contributed by atoms with Crippen molar-refractivity contribution < 1.29 is 72.1 Å². The first-order valence-electron chi connectivity index (χ1n) is 11.0. The average Bonchev–Trinajstić information content (AvgIpc) is 3.14. The van der Waals surface area contributed by atoms with Crippen LogP contribution < -0.4 is 16.6 Å². The minimum Gasteiger partial charge on any atom is -0.394 e. The number of ether oxygens (including phenoxy) is 2. The van der Waals surface area contributed by atoms with Crippen LogP contribution in [0.3, 0.4) is 0 Å². The normalized spacial score (nSPS) is 35.3. The van der Waals surface area contributed by atoms with Gasteiger partial charge in [-0.25, -0.2) is 13.9 Å². The Hall–Kier alpha value is -2.31. The first-order valence-corrected chi connectivity index (χ1v) is 14.0. The van der Waals surface area contributed by atoms with E-state index in [2.05, 4.69) is 13.4 Å². The second kappa shape index (κ2) is 12.7. The maximum atomic E-state index is 12.5. The van der Waals surface area contributed by atoms with Crippen LogP contribution in [0.25, 0.3) is 0 Å². The molecule has 1 amide bonds. The molecule has 2 fully saturated rings. The van der Waals surface area contributed by atoms with Gasteiger partial charge in [0.05, 0.1) is 13.2 Å².